The molecule has 0 aliphatic carbocycles. The minimum Gasteiger partial charge on any atom is -0.351 e. The number of nitrogens with zero attached hydrogens (tertiary/aromatic N) is 3. The zero-order valence-corrected chi connectivity index (χ0v) is 23.1. The van der Waals surface area contributed by atoms with Gasteiger partial charge in [0.2, 0.25) is 15.6 Å². The summed E-state index contributed by atoms with van der Waals surface area (Å²) in [6.45, 7) is 6.88. The summed E-state index contributed by atoms with van der Waals surface area (Å²) in [5.74, 6) is -0.377. The predicted molar refractivity (Wildman–Crippen MR) is 152 cm³/mol. The molecule has 9 nitrogen and oxygen atoms in total. The van der Waals surface area contributed by atoms with Crippen molar-refractivity contribution in [3.8, 4) is 0 Å². The molecule has 5 rings (SSSR count). The number of nitrogens with one attached hydrogen (secondary N) is 2. The quantitative estimate of drug-likeness (QED) is 0.446. The van der Waals surface area contributed by atoms with Crippen LogP contribution in [0, 0.1) is 0 Å². The summed E-state index contributed by atoms with van der Waals surface area (Å²) in [6, 6.07) is 16.3. The highest BCUT2D eigenvalue weighted by atomic mass is 32.2. The molecule has 1 amide bonds. The first-order chi connectivity index (χ1) is 18.9. The van der Waals surface area contributed by atoms with E-state index in [2.05, 4.69) is 44.4 Å². The Labute approximate surface area is 229 Å². The Morgan fingerprint density at radius 1 is 0.846 bits per heavy atom. The van der Waals surface area contributed by atoms with Crippen molar-refractivity contribution in [3.05, 3.63) is 76.1 Å². The number of amides is 1. The largest absolute Gasteiger partial charge is 0.351 e. The topological polar surface area (TPSA) is 106 Å². The van der Waals surface area contributed by atoms with Crippen LogP contribution in [0.3, 0.4) is 0 Å². The van der Waals surface area contributed by atoms with Gasteiger partial charge >= 0.3 is 0 Å². The zero-order chi connectivity index (χ0) is 27.2. The van der Waals surface area contributed by atoms with Crippen molar-refractivity contribution >= 4 is 26.8 Å². The van der Waals surface area contributed by atoms with E-state index >= 15 is 0 Å². The predicted octanol–water partition coefficient (Wildman–Crippen LogP) is 2.64. The van der Waals surface area contributed by atoms with Crippen LogP contribution in [0.25, 0.3) is 10.9 Å². The molecule has 0 atom stereocenters. The molecule has 2 aliphatic rings. The van der Waals surface area contributed by atoms with E-state index in [0.29, 0.717) is 37.1 Å². The number of hydrogen-bond acceptors (Lipinski definition) is 6. The number of H-pyrrole nitrogens is 1. The molecule has 3 heterocycles. The first-order valence-electron chi connectivity index (χ1n) is 13.8. The molecule has 1 aromatic heterocycles. The first kappa shape index (κ1) is 27.5. The lowest BCUT2D eigenvalue weighted by atomic mass is 10.1. The van der Waals surface area contributed by atoms with Gasteiger partial charge in [0.25, 0.3) is 5.91 Å². The van der Waals surface area contributed by atoms with Crippen molar-refractivity contribution in [1.82, 2.24) is 24.4 Å². The summed E-state index contributed by atoms with van der Waals surface area (Å²) in [6.07, 6.45) is 3.74. The second-order valence-corrected chi connectivity index (χ2v) is 12.4. The highest BCUT2D eigenvalue weighted by Gasteiger charge is 2.26. The zero-order valence-electron chi connectivity index (χ0n) is 22.3. The number of carbonyl (C=O) groups is 1. The summed E-state index contributed by atoms with van der Waals surface area (Å²) < 4.78 is 28.2. The lowest BCUT2D eigenvalue weighted by Gasteiger charge is -2.34. The van der Waals surface area contributed by atoms with Gasteiger partial charge in [-0.2, -0.15) is 4.31 Å². The van der Waals surface area contributed by atoms with Crippen LogP contribution >= 0.6 is 0 Å². The van der Waals surface area contributed by atoms with Gasteiger partial charge in [-0.1, -0.05) is 43.2 Å². The van der Waals surface area contributed by atoms with Crippen LogP contribution in [-0.2, 0) is 16.6 Å². The monoisotopic (exact) mass is 551 g/mol. The van der Waals surface area contributed by atoms with Gasteiger partial charge in [-0.05, 0) is 36.6 Å². The van der Waals surface area contributed by atoms with Crippen LogP contribution < -0.4 is 10.9 Å². The molecule has 2 saturated heterocycles. The second-order valence-electron chi connectivity index (χ2n) is 10.4. The van der Waals surface area contributed by atoms with Gasteiger partial charge in [0.1, 0.15) is 0 Å². The highest BCUT2D eigenvalue weighted by molar-refractivity contribution is 7.89. The summed E-state index contributed by atoms with van der Waals surface area (Å²) in [4.78, 5) is 33.1. The van der Waals surface area contributed by atoms with Gasteiger partial charge in [-0.25, -0.2) is 8.42 Å². The maximum Gasteiger partial charge on any atom is 0.252 e. The van der Waals surface area contributed by atoms with Crippen LogP contribution in [0.1, 0.15) is 41.6 Å². The number of sulfonamides is 1. The molecule has 0 bridgehead atoms. The Bertz CT molecular complexity index is 1440. The van der Waals surface area contributed by atoms with E-state index in [1.165, 1.54) is 28.1 Å². The molecule has 10 heteroatoms. The van der Waals surface area contributed by atoms with Gasteiger partial charge < -0.3 is 10.3 Å². The smallest absolute Gasteiger partial charge is 0.252 e. The van der Waals surface area contributed by atoms with Gasteiger partial charge in [-0.15, -0.1) is 0 Å². The summed E-state index contributed by atoms with van der Waals surface area (Å²) in [5.41, 5.74) is 1.54. The molecule has 3 aromatic rings. The number of aromatic amines is 1. The molecule has 39 heavy (non-hydrogen) atoms. The fraction of sp³-hybridized carbons (Fsp3) is 0.448. The van der Waals surface area contributed by atoms with Gasteiger partial charge in [0.15, 0.2) is 0 Å². The summed E-state index contributed by atoms with van der Waals surface area (Å²) in [7, 11) is -3.69. The standard InChI is InChI=1S/C29H37N5O4S/c35-28-21-26(25-20-24(10-11-27(25)31-28)39(37,38)34-13-6-1-2-7-14-34)29(36)30-12-15-32-16-18-33(19-17-32)22-23-8-4-3-5-9-23/h3-5,8-11,20-21H,1-2,6-7,12-19,22H2,(H,30,36)(H,31,35). The lowest BCUT2D eigenvalue weighted by Crippen LogP contribution is -2.48. The van der Waals surface area contributed by atoms with Crippen molar-refractivity contribution in [2.75, 3.05) is 52.4 Å². The third-order valence-electron chi connectivity index (χ3n) is 7.69. The van der Waals surface area contributed by atoms with Crippen molar-refractivity contribution in [1.29, 1.82) is 0 Å². The fourth-order valence-corrected chi connectivity index (χ4v) is 6.99. The average Bonchev–Trinajstić information content (AvgIpc) is 3.24. The van der Waals surface area contributed by atoms with Crippen molar-refractivity contribution in [2.45, 2.75) is 37.1 Å². The van der Waals surface area contributed by atoms with E-state index in [0.717, 1.165) is 58.4 Å². The average molecular weight is 552 g/mol. The number of aromatic nitrogens is 1. The molecule has 0 spiro atoms. The van der Waals surface area contributed by atoms with Crippen LogP contribution in [0.15, 0.2) is 64.3 Å². The van der Waals surface area contributed by atoms with Gasteiger partial charge in [0, 0.05) is 75.9 Å². The molecule has 2 N–H and O–H groups in total. The van der Waals surface area contributed by atoms with Crippen molar-refractivity contribution < 1.29 is 13.2 Å². The minimum absolute atomic E-state index is 0.145. The number of carbonyl (C=O) groups excluding carboxylic acids is 1. The molecule has 2 fully saturated rings. The maximum absolute atomic E-state index is 13.3. The molecule has 0 radical (unpaired) electrons. The highest BCUT2D eigenvalue weighted by Crippen LogP contribution is 2.25. The second kappa shape index (κ2) is 12.4. The van der Waals surface area contributed by atoms with E-state index in [1.54, 1.807) is 6.07 Å². The molecule has 2 aliphatic heterocycles. The van der Waals surface area contributed by atoms with E-state index in [4.69, 9.17) is 0 Å². The Morgan fingerprint density at radius 2 is 1.54 bits per heavy atom. The van der Waals surface area contributed by atoms with Crippen molar-refractivity contribution in [3.63, 3.8) is 0 Å². The van der Waals surface area contributed by atoms with Crippen LogP contribution in [0.2, 0.25) is 0 Å². The molecule has 0 saturated carbocycles. The number of pyridine rings is 1. The van der Waals surface area contributed by atoms with E-state index in [1.807, 2.05) is 6.07 Å². The van der Waals surface area contributed by atoms with E-state index in [-0.39, 0.29) is 16.4 Å². The minimum atomic E-state index is -3.69. The first-order valence-corrected chi connectivity index (χ1v) is 15.3. The van der Waals surface area contributed by atoms with E-state index < -0.39 is 15.6 Å². The van der Waals surface area contributed by atoms with Gasteiger partial charge in [-0.3, -0.25) is 19.4 Å². The number of benzene rings is 2. The molecule has 0 unspecified atom stereocenters. The number of piperazine rings is 1. The van der Waals surface area contributed by atoms with Crippen molar-refractivity contribution in [2.24, 2.45) is 0 Å². The molecule has 2 aromatic carbocycles. The normalized spacial score (nSPS) is 18.2. The van der Waals surface area contributed by atoms with Crippen LogP contribution in [-0.4, -0.2) is 85.8 Å². The third kappa shape index (κ3) is 6.75. The third-order valence-corrected chi connectivity index (χ3v) is 9.58. The molecule has 208 valence electrons. The summed E-state index contributed by atoms with van der Waals surface area (Å²) >= 11 is 0. The number of fused-ring (bicyclic) bond motifs is 1. The maximum atomic E-state index is 13.3. The molecular weight excluding hydrogens is 514 g/mol. The Balaban J connectivity index is 1.22. The SMILES string of the molecule is O=C(NCCN1CCN(Cc2ccccc2)CC1)c1cc(=O)[nH]c2ccc(S(=O)(=O)N3CCCCCC3)cc12. The Morgan fingerprint density at radius 3 is 2.26 bits per heavy atom. The number of hydrogen-bond donors (Lipinski definition) is 2. The molecular formula is C29H37N5O4S. The van der Waals surface area contributed by atoms with Gasteiger partial charge in [0.05, 0.1) is 10.5 Å². The Hall–Kier alpha value is -3.05. The van der Waals surface area contributed by atoms with Crippen LogP contribution in [0.5, 0.6) is 0 Å². The Kier molecular flexibility index (Phi) is 8.76. The van der Waals surface area contributed by atoms with E-state index in [9.17, 15) is 18.0 Å². The number of rotatable bonds is 8. The van der Waals surface area contributed by atoms with Crippen LogP contribution in [0.4, 0.5) is 0 Å². The fourth-order valence-electron chi connectivity index (χ4n) is 5.45. The summed E-state index contributed by atoms with van der Waals surface area (Å²) in [5, 5.41) is 3.37. The lowest BCUT2D eigenvalue weighted by molar-refractivity contribution is 0.0935.